The maximum Gasteiger partial charge on any atom is 0.410 e. The van der Waals surface area contributed by atoms with Crippen molar-refractivity contribution in [3.63, 3.8) is 0 Å². The minimum absolute atomic E-state index is 0.0403. The number of carbonyl (C=O) groups is 1. The second-order valence-electron chi connectivity index (χ2n) is 9.88. The molecule has 10 heteroatoms. The number of amides is 1. The minimum Gasteiger partial charge on any atom is -0.465 e. The van der Waals surface area contributed by atoms with Gasteiger partial charge in [0.1, 0.15) is 17.4 Å². The van der Waals surface area contributed by atoms with Gasteiger partial charge in [-0.25, -0.2) is 19.7 Å². The number of carboxylic acid groups (broad SMARTS) is 1. The lowest BCUT2D eigenvalue weighted by atomic mass is 9.80. The molecule has 2 fully saturated rings. The summed E-state index contributed by atoms with van der Waals surface area (Å²) in [6.45, 7) is 6.83. The molecule has 180 valence electrons. The van der Waals surface area contributed by atoms with Gasteiger partial charge >= 0.3 is 6.09 Å². The molecule has 33 heavy (non-hydrogen) atoms. The van der Waals surface area contributed by atoms with Crippen LogP contribution in [0.2, 0.25) is 0 Å². The van der Waals surface area contributed by atoms with E-state index >= 15 is 0 Å². The molecule has 2 saturated carbocycles. The topological polar surface area (TPSA) is 149 Å². The minimum atomic E-state index is -1.34. The highest BCUT2D eigenvalue weighted by atomic mass is 16.4. The smallest absolute Gasteiger partial charge is 0.410 e. The molecule has 0 bridgehead atoms. The Labute approximate surface area is 193 Å². The van der Waals surface area contributed by atoms with Gasteiger partial charge in [-0.2, -0.15) is 0 Å². The first-order valence-corrected chi connectivity index (χ1v) is 12.0. The Kier molecular flexibility index (Phi) is 6.83. The van der Waals surface area contributed by atoms with Gasteiger partial charge in [0, 0.05) is 12.6 Å². The molecule has 2 aliphatic carbocycles. The van der Waals surface area contributed by atoms with Crippen molar-refractivity contribution in [3.8, 4) is 0 Å². The second kappa shape index (κ2) is 9.62. The van der Waals surface area contributed by atoms with Gasteiger partial charge in [-0.05, 0) is 57.3 Å². The molecule has 2 heterocycles. The van der Waals surface area contributed by atoms with E-state index in [9.17, 15) is 9.90 Å². The molecule has 0 saturated heterocycles. The van der Waals surface area contributed by atoms with Crippen LogP contribution in [0.4, 0.5) is 10.6 Å². The monoisotopic (exact) mass is 457 g/mol. The highest BCUT2D eigenvalue weighted by Gasteiger charge is 2.29. The number of hydrogen-bond donors (Lipinski definition) is 5. The molecule has 10 nitrogen and oxygen atoms in total. The van der Waals surface area contributed by atoms with Gasteiger partial charge in [0.25, 0.3) is 0 Å². The number of nitrogens with one attached hydrogen (secondary N) is 3. The normalized spacial score (nSPS) is 23.0. The standard InChI is InChI=1S/C23H35N7O3/c1-12-7-9-15(10-8-12)11-30-17-19(25-13(2)16-5-4-6-16)27-21(18(24)26-23(32)33)28-20(17)29-22(30)14(3)31/h12-16,31H,4-11H2,1-3H3,(H2,24,26)(H,32,33)(H,25,27,28)/t12?,13-,14?,15?/m1/s1. The summed E-state index contributed by atoms with van der Waals surface area (Å²) >= 11 is 0. The van der Waals surface area contributed by atoms with Crippen molar-refractivity contribution in [2.24, 2.45) is 17.8 Å². The van der Waals surface area contributed by atoms with Crippen LogP contribution in [-0.2, 0) is 6.54 Å². The number of aliphatic hydroxyl groups excluding tert-OH is 1. The van der Waals surface area contributed by atoms with Crippen molar-refractivity contribution in [1.82, 2.24) is 24.8 Å². The number of rotatable bonds is 7. The lowest BCUT2D eigenvalue weighted by molar-refractivity contribution is 0.179. The Bertz CT molecular complexity index is 1020. The number of hydrogen-bond acceptors (Lipinski definition) is 7. The summed E-state index contributed by atoms with van der Waals surface area (Å²) in [5, 5.41) is 33.2. The van der Waals surface area contributed by atoms with Crippen LogP contribution >= 0.6 is 0 Å². The molecule has 1 unspecified atom stereocenters. The molecule has 2 aliphatic rings. The van der Waals surface area contributed by atoms with Crippen molar-refractivity contribution in [3.05, 3.63) is 11.6 Å². The maximum absolute atomic E-state index is 11.1. The Morgan fingerprint density at radius 2 is 1.85 bits per heavy atom. The van der Waals surface area contributed by atoms with E-state index < -0.39 is 18.0 Å². The lowest BCUT2D eigenvalue weighted by Gasteiger charge is -2.32. The highest BCUT2D eigenvalue weighted by molar-refractivity contribution is 6.03. The Balaban J connectivity index is 1.77. The van der Waals surface area contributed by atoms with Crippen molar-refractivity contribution in [2.45, 2.75) is 84.4 Å². The molecule has 0 aliphatic heterocycles. The number of fused-ring (bicyclic) bond motifs is 1. The van der Waals surface area contributed by atoms with Crippen LogP contribution in [0.3, 0.4) is 0 Å². The van der Waals surface area contributed by atoms with Gasteiger partial charge in [-0.15, -0.1) is 0 Å². The zero-order valence-electron chi connectivity index (χ0n) is 19.6. The first-order chi connectivity index (χ1) is 15.7. The molecule has 5 N–H and O–H groups in total. The molecule has 4 rings (SSSR count). The Hall–Kier alpha value is -2.75. The van der Waals surface area contributed by atoms with Crippen LogP contribution in [0.25, 0.3) is 11.2 Å². The van der Waals surface area contributed by atoms with Crippen LogP contribution in [0.5, 0.6) is 0 Å². The number of aliphatic hydroxyl groups is 1. The van der Waals surface area contributed by atoms with Crippen molar-refractivity contribution in [2.75, 3.05) is 5.32 Å². The van der Waals surface area contributed by atoms with E-state index in [1.54, 1.807) is 6.92 Å². The van der Waals surface area contributed by atoms with Gasteiger partial charge in [-0.3, -0.25) is 10.7 Å². The summed E-state index contributed by atoms with van der Waals surface area (Å²) in [6.07, 6.45) is 6.06. The zero-order valence-corrected chi connectivity index (χ0v) is 19.6. The Morgan fingerprint density at radius 1 is 1.15 bits per heavy atom. The molecule has 2 aromatic heterocycles. The van der Waals surface area contributed by atoms with Gasteiger partial charge in [-0.1, -0.05) is 26.2 Å². The van der Waals surface area contributed by atoms with Crippen molar-refractivity contribution >= 4 is 28.9 Å². The quantitative estimate of drug-likeness (QED) is 0.313. The van der Waals surface area contributed by atoms with Crippen molar-refractivity contribution < 1.29 is 15.0 Å². The predicted molar refractivity (Wildman–Crippen MR) is 125 cm³/mol. The molecule has 0 spiro atoms. The Morgan fingerprint density at radius 3 is 2.42 bits per heavy atom. The summed E-state index contributed by atoms with van der Waals surface area (Å²) in [7, 11) is 0. The molecule has 2 aromatic rings. The molecule has 0 radical (unpaired) electrons. The zero-order chi connectivity index (χ0) is 23.7. The summed E-state index contributed by atoms with van der Waals surface area (Å²) < 4.78 is 2.04. The molecule has 2 atom stereocenters. The third-order valence-corrected chi connectivity index (χ3v) is 7.26. The first kappa shape index (κ1) is 23.4. The van der Waals surface area contributed by atoms with E-state index in [0.717, 1.165) is 38.1 Å². The van der Waals surface area contributed by atoms with Crippen molar-refractivity contribution in [1.29, 1.82) is 5.41 Å². The number of anilines is 1. The summed E-state index contributed by atoms with van der Waals surface area (Å²) in [5.74, 6) is 2.39. The fourth-order valence-corrected chi connectivity index (χ4v) is 4.98. The SMILES string of the molecule is CC1CCC(Cn2c(C(C)O)nc3nc(C(=N)NC(=O)O)nc(N[C@H](C)C4CCC4)c32)CC1. The second-order valence-corrected chi connectivity index (χ2v) is 9.88. The van der Waals surface area contributed by atoms with Crippen LogP contribution in [0.15, 0.2) is 0 Å². The van der Waals surface area contributed by atoms with Gasteiger partial charge < -0.3 is 20.1 Å². The largest absolute Gasteiger partial charge is 0.465 e. The van der Waals surface area contributed by atoms with E-state index in [4.69, 9.17) is 10.5 Å². The van der Waals surface area contributed by atoms with E-state index in [1.165, 1.54) is 19.3 Å². The average molecular weight is 458 g/mol. The molecular weight excluding hydrogens is 422 g/mol. The fourth-order valence-electron chi connectivity index (χ4n) is 4.98. The molecular formula is C23H35N7O3. The van der Waals surface area contributed by atoms with Gasteiger partial charge in [0.05, 0.1) is 0 Å². The average Bonchev–Trinajstić information content (AvgIpc) is 3.06. The van der Waals surface area contributed by atoms with E-state index in [2.05, 4.69) is 34.1 Å². The predicted octanol–water partition coefficient (Wildman–Crippen LogP) is 3.90. The number of imidazole rings is 1. The number of amidine groups is 1. The van der Waals surface area contributed by atoms with Crippen LogP contribution in [0.1, 0.15) is 83.5 Å². The summed E-state index contributed by atoms with van der Waals surface area (Å²) in [6, 6.07) is 0.167. The highest BCUT2D eigenvalue weighted by Crippen LogP contribution is 2.35. The summed E-state index contributed by atoms with van der Waals surface area (Å²) in [5.41, 5.74) is 1.07. The van der Waals surface area contributed by atoms with E-state index in [1.807, 2.05) is 9.88 Å². The third kappa shape index (κ3) is 5.10. The first-order valence-electron chi connectivity index (χ1n) is 12.0. The van der Waals surface area contributed by atoms with Gasteiger partial charge in [0.2, 0.25) is 0 Å². The van der Waals surface area contributed by atoms with Crippen LogP contribution in [-0.4, -0.2) is 47.7 Å². The third-order valence-electron chi connectivity index (χ3n) is 7.26. The van der Waals surface area contributed by atoms with E-state index in [-0.39, 0.29) is 11.9 Å². The lowest BCUT2D eigenvalue weighted by Crippen LogP contribution is -2.33. The molecule has 1 amide bonds. The summed E-state index contributed by atoms with van der Waals surface area (Å²) in [4.78, 5) is 24.6. The van der Waals surface area contributed by atoms with Crippen LogP contribution in [0, 0.1) is 23.2 Å². The van der Waals surface area contributed by atoms with Crippen LogP contribution < -0.4 is 10.6 Å². The van der Waals surface area contributed by atoms with E-state index in [0.29, 0.717) is 34.6 Å². The maximum atomic E-state index is 11.1. The number of aromatic nitrogens is 4. The van der Waals surface area contributed by atoms with Gasteiger partial charge in [0.15, 0.2) is 23.1 Å². The molecule has 0 aromatic carbocycles. The fraction of sp³-hybridized carbons (Fsp3) is 0.696. The number of nitrogens with zero attached hydrogens (tertiary/aromatic N) is 4.